The second-order valence-corrected chi connectivity index (χ2v) is 7.89. The first-order chi connectivity index (χ1) is 15.3. The van der Waals surface area contributed by atoms with Gasteiger partial charge in [-0.25, -0.2) is 0 Å². The molecule has 9 heteroatoms. The number of ether oxygens (including phenoxy) is 3. The Morgan fingerprint density at radius 3 is 2.06 bits per heavy atom. The second-order valence-electron chi connectivity index (χ2n) is 6.80. The SMILES string of the molecule is COc1cc(C(=O)N2c3ccccc3Sc3ccc(C(F)(F)F)cc32)cc(OC)c1OC. The molecule has 1 heterocycles. The molecule has 0 aliphatic carbocycles. The Bertz CT molecular complexity index is 1170. The summed E-state index contributed by atoms with van der Waals surface area (Å²) in [5.41, 5.74) is -0.0196. The van der Waals surface area contributed by atoms with E-state index in [1.54, 1.807) is 12.1 Å². The van der Waals surface area contributed by atoms with Crippen LogP contribution in [0.2, 0.25) is 0 Å². The lowest BCUT2D eigenvalue weighted by molar-refractivity contribution is -0.137. The molecule has 0 saturated heterocycles. The highest BCUT2D eigenvalue weighted by Crippen LogP contribution is 2.50. The lowest BCUT2D eigenvalue weighted by Gasteiger charge is -2.32. The molecular weight excluding hydrogens is 443 g/mol. The summed E-state index contributed by atoms with van der Waals surface area (Å²) in [6.45, 7) is 0. The molecule has 0 aromatic heterocycles. The number of carbonyl (C=O) groups excluding carboxylic acids is 1. The Hall–Kier alpha value is -3.33. The third-order valence-electron chi connectivity index (χ3n) is 4.97. The number of benzene rings is 3. The molecule has 0 saturated carbocycles. The van der Waals surface area contributed by atoms with Gasteiger partial charge in [-0.05, 0) is 42.5 Å². The number of carbonyl (C=O) groups is 1. The second kappa shape index (κ2) is 8.31. The van der Waals surface area contributed by atoms with Crippen molar-refractivity contribution in [2.24, 2.45) is 0 Å². The van der Waals surface area contributed by atoms with Crippen molar-refractivity contribution in [1.82, 2.24) is 0 Å². The monoisotopic (exact) mass is 461 g/mol. The van der Waals surface area contributed by atoms with Crippen LogP contribution in [0.4, 0.5) is 24.5 Å². The number of anilines is 2. The van der Waals surface area contributed by atoms with Gasteiger partial charge >= 0.3 is 6.18 Å². The Morgan fingerprint density at radius 2 is 1.47 bits per heavy atom. The summed E-state index contributed by atoms with van der Waals surface area (Å²) in [6.07, 6.45) is -4.54. The fourth-order valence-electron chi connectivity index (χ4n) is 3.48. The minimum Gasteiger partial charge on any atom is -0.493 e. The van der Waals surface area contributed by atoms with Crippen LogP contribution in [0, 0.1) is 0 Å². The summed E-state index contributed by atoms with van der Waals surface area (Å²) in [4.78, 5) is 16.3. The topological polar surface area (TPSA) is 48.0 Å². The highest BCUT2D eigenvalue weighted by atomic mass is 32.2. The standard InChI is InChI=1S/C23H18F3NO4S/c1-29-17-10-13(11-18(30-2)21(17)31-3)22(28)27-15-6-4-5-7-19(15)32-20-9-8-14(12-16(20)27)23(24,25)26/h4-12H,1-3H3. The summed E-state index contributed by atoms with van der Waals surface area (Å²) in [7, 11) is 4.28. The molecule has 0 radical (unpaired) electrons. The largest absolute Gasteiger partial charge is 0.493 e. The van der Waals surface area contributed by atoms with Crippen LogP contribution in [-0.2, 0) is 6.18 Å². The summed E-state index contributed by atoms with van der Waals surface area (Å²) in [6, 6.07) is 13.4. The lowest BCUT2D eigenvalue weighted by atomic mass is 10.1. The van der Waals surface area contributed by atoms with E-state index in [4.69, 9.17) is 14.2 Å². The zero-order valence-electron chi connectivity index (χ0n) is 17.3. The molecule has 0 atom stereocenters. The number of methoxy groups -OCH3 is 3. The first kappa shape index (κ1) is 21.9. The van der Waals surface area contributed by atoms with Gasteiger partial charge in [0.15, 0.2) is 11.5 Å². The third kappa shape index (κ3) is 3.73. The van der Waals surface area contributed by atoms with E-state index in [1.807, 2.05) is 12.1 Å². The Morgan fingerprint density at radius 1 is 0.844 bits per heavy atom. The summed E-state index contributed by atoms with van der Waals surface area (Å²) < 4.78 is 56.2. The number of nitrogens with zero attached hydrogens (tertiary/aromatic N) is 1. The smallest absolute Gasteiger partial charge is 0.416 e. The molecule has 166 valence electrons. The predicted octanol–water partition coefficient (Wildman–Crippen LogP) is 6.17. The van der Waals surface area contributed by atoms with Gasteiger partial charge in [0.1, 0.15) is 0 Å². The summed E-state index contributed by atoms with van der Waals surface area (Å²) in [5, 5.41) is 0. The van der Waals surface area contributed by atoms with Crippen LogP contribution in [-0.4, -0.2) is 27.2 Å². The van der Waals surface area contributed by atoms with Gasteiger partial charge in [0.25, 0.3) is 5.91 Å². The number of halogens is 3. The summed E-state index contributed by atoms with van der Waals surface area (Å²) >= 11 is 1.31. The van der Waals surface area contributed by atoms with Crippen LogP contribution >= 0.6 is 11.8 Å². The van der Waals surface area contributed by atoms with Crippen molar-refractivity contribution in [2.75, 3.05) is 26.2 Å². The van der Waals surface area contributed by atoms with Crippen LogP contribution < -0.4 is 19.1 Å². The molecule has 0 N–H and O–H groups in total. The predicted molar refractivity (Wildman–Crippen MR) is 115 cm³/mol. The van der Waals surface area contributed by atoms with Crippen molar-refractivity contribution in [3.63, 3.8) is 0 Å². The number of amides is 1. The number of rotatable bonds is 4. The van der Waals surface area contributed by atoms with Crippen LogP contribution in [0.5, 0.6) is 17.2 Å². The van der Waals surface area contributed by atoms with Crippen molar-refractivity contribution >= 4 is 29.0 Å². The van der Waals surface area contributed by atoms with Gasteiger partial charge in [-0.3, -0.25) is 9.69 Å². The maximum Gasteiger partial charge on any atom is 0.416 e. The normalized spacial score (nSPS) is 12.6. The van der Waals surface area contributed by atoms with E-state index in [0.717, 1.165) is 17.0 Å². The van der Waals surface area contributed by atoms with Gasteiger partial charge in [0, 0.05) is 15.4 Å². The molecular formula is C23H18F3NO4S. The van der Waals surface area contributed by atoms with Crippen molar-refractivity contribution < 1.29 is 32.2 Å². The molecule has 4 rings (SSSR count). The Kier molecular flexibility index (Phi) is 5.68. The molecule has 1 aliphatic heterocycles. The fourth-order valence-corrected chi connectivity index (χ4v) is 4.52. The van der Waals surface area contributed by atoms with E-state index in [1.165, 1.54) is 56.2 Å². The van der Waals surface area contributed by atoms with E-state index in [9.17, 15) is 18.0 Å². The molecule has 1 amide bonds. The van der Waals surface area contributed by atoms with Crippen LogP contribution in [0.1, 0.15) is 15.9 Å². The molecule has 3 aromatic carbocycles. The number of fused-ring (bicyclic) bond motifs is 2. The van der Waals surface area contributed by atoms with Gasteiger partial charge in [0.05, 0.1) is 38.3 Å². The van der Waals surface area contributed by atoms with Gasteiger partial charge in [-0.15, -0.1) is 0 Å². The quantitative estimate of drug-likeness (QED) is 0.465. The Labute approximate surface area is 186 Å². The third-order valence-corrected chi connectivity index (χ3v) is 6.10. The maximum atomic E-state index is 13.7. The number of hydrogen-bond acceptors (Lipinski definition) is 5. The van der Waals surface area contributed by atoms with Gasteiger partial charge in [0.2, 0.25) is 5.75 Å². The average Bonchev–Trinajstić information content (AvgIpc) is 2.80. The van der Waals surface area contributed by atoms with Crippen LogP contribution in [0.15, 0.2) is 64.4 Å². The molecule has 0 unspecified atom stereocenters. The minimum atomic E-state index is -4.54. The van der Waals surface area contributed by atoms with Gasteiger partial charge < -0.3 is 14.2 Å². The van der Waals surface area contributed by atoms with E-state index in [0.29, 0.717) is 16.3 Å². The molecule has 0 spiro atoms. The van der Waals surface area contributed by atoms with E-state index in [-0.39, 0.29) is 22.7 Å². The van der Waals surface area contributed by atoms with Crippen LogP contribution in [0.25, 0.3) is 0 Å². The number of alkyl halides is 3. The lowest BCUT2D eigenvalue weighted by Crippen LogP contribution is -2.29. The van der Waals surface area contributed by atoms with Gasteiger partial charge in [-0.1, -0.05) is 23.9 Å². The van der Waals surface area contributed by atoms with Crippen LogP contribution in [0.3, 0.4) is 0 Å². The highest BCUT2D eigenvalue weighted by molar-refractivity contribution is 7.99. The van der Waals surface area contributed by atoms with Crippen molar-refractivity contribution in [2.45, 2.75) is 16.0 Å². The molecule has 1 aliphatic rings. The molecule has 0 fully saturated rings. The maximum absolute atomic E-state index is 13.7. The number of hydrogen-bond donors (Lipinski definition) is 0. The first-order valence-corrected chi connectivity index (χ1v) is 10.2. The highest BCUT2D eigenvalue weighted by Gasteiger charge is 2.35. The van der Waals surface area contributed by atoms with E-state index < -0.39 is 17.6 Å². The average molecular weight is 461 g/mol. The molecule has 5 nitrogen and oxygen atoms in total. The zero-order valence-corrected chi connectivity index (χ0v) is 18.1. The zero-order chi connectivity index (χ0) is 23.0. The van der Waals surface area contributed by atoms with Crippen molar-refractivity contribution in [1.29, 1.82) is 0 Å². The van der Waals surface area contributed by atoms with Crippen molar-refractivity contribution in [3.8, 4) is 17.2 Å². The summed E-state index contributed by atoms with van der Waals surface area (Å²) in [5.74, 6) is 0.303. The molecule has 3 aromatic rings. The number of para-hydroxylation sites is 1. The van der Waals surface area contributed by atoms with E-state index >= 15 is 0 Å². The minimum absolute atomic E-state index is 0.155. The van der Waals surface area contributed by atoms with Crippen molar-refractivity contribution in [3.05, 3.63) is 65.7 Å². The van der Waals surface area contributed by atoms with E-state index in [2.05, 4.69) is 0 Å². The molecule has 32 heavy (non-hydrogen) atoms. The fraction of sp³-hybridized carbons (Fsp3) is 0.174. The van der Waals surface area contributed by atoms with Gasteiger partial charge in [-0.2, -0.15) is 13.2 Å². The first-order valence-electron chi connectivity index (χ1n) is 9.41. The Balaban J connectivity index is 1.91. The molecule has 0 bridgehead atoms.